The molecule has 0 saturated heterocycles. The van der Waals surface area contributed by atoms with Crippen LogP contribution in [0, 0.1) is 6.92 Å². The standard InChI is InChI=1S/C21H15Cl2N3O/c1-13-5-8-20-25-19(12-26(20)11-13)14-3-2-4-16(9-14)24-21(27)15-6-7-17(22)18(23)10-15/h2-12H,1H3,(H,24,27). The van der Waals surface area contributed by atoms with Crippen LogP contribution in [-0.4, -0.2) is 15.3 Å². The molecule has 1 N–H and O–H groups in total. The highest BCUT2D eigenvalue weighted by Gasteiger charge is 2.10. The molecule has 0 radical (unpaired) electrons. The first-order chi connectivity index (χ1) is 13.0. The van der Waals surface area contributed by atoms with E-state index in [0.29, 0.717) is 21.3 Å². The van der Waals surface area contributed by atoms with Gasteiger partial charge in [0.1, 0.15) is 5.65 Å². The first kappa shape index (κ1) is 17.6. The van der Waals surface area contributed by atoms with Gasteiger partial charge in [-0.25, -0.2) is 4.98 Å². The lowest BCUT2D eigenvalue weighted by Gasteiger charge is -2.07. The summed E-state index contributed by atoms with van der Waals surface area (Å²) in [6, 6.07) is 16.4. The number of aromatic nitrogens is 2. The van der Waals surface area contributed by atoms with Gasteiger partial charge in [0.2, 0.25) is 0 Å². The Morgan fingerprint density at radius 1 is 1.00 bits per heavy atom. The predicted octanol–water partition coefficient (Wildman–Crippen LogP) is 5.87. The summed E-state index contributed by atoms with van der Waals surface area (Å²) >= 11 is 11.9. The third kappa shape index (κ3) is 3.68. The van der Waals surface area contributed by atoms with Gasteiger partial charge in [0.15, 0.2) is 0 Å². The number of amides is 1. The minimum atomic E-state index is -0.253. The number of carbonyl (C=O) groups excluding carboxylic acids is 1. The van der Waals surface area contributed by atoms with Gasteiger partial charge in [0.25, 0.3) is 5.91 Å². The smallest absolute Gasteiger partial charge is 0.255 e. The molecule has 4 aromatic rings. The maximum atomic E-state index is 12.5. The molecule has 0 spiro atoms. The number of hydrogen-bond donors (Lipinski definition) is 1. The van der Waals surface area contributed by atoms with E-state index in [4.69, 9.17) is 23.2 Å². The molecule has 4 rings (SSSR count). The van der Waals surface area contributed by atoms with Crippen LogP contribution in [0.15, 0.2) is 67.0 Å². The third-order valence-corrected chi connectivity index (χ3v) is 4.94. The van der Waals surface area contributed by atoms with Gasteiger partial charge in [0, 0.05) is 29.2 Å². The quantitative estimate of drug-likeness (QED) is 0.471. The number of imidazole rings is 1. The minimum absolute atomic E-state index is 0.253. The summed E-state index contributed by atoms with van der Waals surface area (Å²) in [5.74, 6) is -0.253. The van der Waals surface area contributed by atoms with Crippen molar-refractivity contribution in [1.82, 2.24) is 9.38 Å². The van der Waals surface area contributed by atoms with Gasteiger partial charge >= 0.3 is 0 Å². The number of aryl methyl sites for hydroxylation is 1. The Bertz CT molecular complexity index is 1170. The van der Waals surface area contributed by atoms with E-state index in [1.165, 1.54) is 0 Å². The van der Waals surface area contributed by atoms with E-state index in [-0.39, 0.29) is 5.91 Å². The number of hydrogen-bond acceptors (Lipinski definition) is 2. The summed E-state index contributed by atoms with van der Waals surface area (Å²) < 4.78 is 1.99. The first-order valence-electron chi connectivity index (χ1n) is 8.32. The van der Waals surface area contributed by atoms with Crippen molar-refractivity contribution in [3.8, 4) is 11.3 Å². The molecule has 0 saturated carbocycles. The lowest BCUT2D eigenvalue weighted by atomic mass is 10.1. The Balaban J connectivity index is 1.61. The molecule has 0 fully saturated rings. The van der Waals surface area contributed by atoms with Gasteiger partial charge in [-0.1, -0.05) is 41.4 Å². The second kappa shape index (κ2) is 7.06. The van der Waals surface area contributed by atoms with Crippen molar-refractivity contribution < 1.29 is 4.79 Å². The van der Waals surface area contributed by atoms with Crippen molar-refractivity contribution in [2.24, 2.45) is 0 Å². The molecule has 0 aliphatic heterocycles. The number of pyridine rings is 1. The van der Waals surface area contributed by atoms with Gasteiger partial charge in [-0.2, -0.15) is 0 Å². The number of benzene rings is 2. The predicted molar refractivity (Wildman–Crippen MR) is 110 cm³/mol. The Morgan fingerprint density at radius 3 is 2.67 bits per heavy atom. The van der Waals surface area contributed by atoms with Crippen LogP contribution in [0.3, 0.4) is 0 Å². The number of nitrogens with one attached hydrogen (secondary N) is 1. The van der Waals surface area contributed by atoms with E-state index in [1.54, 1.807) is 18.2 Å². The van der Waals surface area contributed by atoms with Crippen molar-refractivity contribution >= 4 is 40.4 Å². The normalized spacial score (nSPS) is 10.9. The van der Waals surface area contributed by atoms with Gasteiger partial charge < -0.3 is 9.72 Å². The zero-order valence-corrected chi connectivity index (χ0v) is 15.9. The second-order valence-corrected chi connectivity index (χ2v) is 7.08. The van der Waals surface area contributed by atoms with Crippen LogP contribution >= 0.6 is 23.2 Å². The zero-order valence-electron chi connectivity index (χ0n) is 14.4. The molecule has 134 valence electrons. The van der Waals surface area contributed by atoms with Crippen LogP contribution in [0.25, 0.3) is 16.9 Å². The number of carbonyl (C=O) groups is 1. The molecule has 0 aliphatic rings. The molecule has 0 aliphatic carbocycles. The lowest BCUT2D eigenvalue weighted by Crippen LogP contribution is -2.11. The van der Waals surface area contributed by atoms with E-state index in [1.807, 2.05) is 60.1 Å². The van der Waals surface area contributed by atoms with Crippen molar-refractivity contribution in [2.75, 3.05) is 5.32 Å². The fourth-order valence-electron chi connectivity index (χ4n) is 2.84. The number of fused-ring (bicyclic) bond motifs is 1. The van der Waals surface area contributed by atoms with Crippen LogP contribution in [0.5, 0.6) is 0 Å². The molecule has 6 heteroatoms. The van der Waals surface area contributed by atoms with Crippen molar-refractivity contribution in [1.29, 1.82) is 0 Å². The largest absolute Gasteiger partial charge is 0.322 e. The molecule has 2 aromatic carbocycles. The van der Waals surface area contributed by atoms with Gasteiger partial charge in [0.05, 0.1) is 15.7 Å². The molecule has 2 aromatic heterocycles. The average Bonchev–Trinajstić information content (AvgIpc) is 3.07. The Morgan fingerprint density at radius 2 is 1.85 bits per heavy atom. The lowest BCUT2D eigenvalue weighted by molar-refractivity contribution is 0.102. The number of halogens is 2. The first-order valence-corrected chi connectivity index (χ1v) is 9.07. The zero-order chi connectivity index (χ0) is 19.0. The SMILES string of the molecule is Cc1ccc2nc(-c3cccc(NC(=O)c4ccc(Cl)c(Cl)c4)c3)cn2c1. The van der Waals surface area contributed by atoms with Gasteiger partial charge in [-0.05, 0) is 48.9 Å². The van der Waals surface area contributed by atoms with Crippen LogP contribution in [0.2, 0.25) is 10.0 Å². The highest BCUT2D eigenvalue weighted by molar-refractivity contribution is 6.42. The molecule has 4 nitrogen and oxygen atoms in total. The van der Waals surface area contributed by atoms with E-state index >= 15 is 0 Å². The van der Waals surface area contributed by atoms with Gasteiger partial charge in [-0.3, -0.25) is 4.79 Å². The Labute approximate surface area is 166 Å². The maximum absolute atomic E-state index is 12.5. The van der Waals surface area contributed by atoms with Crippen molar-refractivity contribution in [3.63, 3.8) is 0 Å². The van der Waals surface area contributed by atoms with E-state index < -0.39 is 0 Å². The number of anilines is 1. The van der Waals surface area contributed by atoms with Crippen molar-refractivity contribution in [2.45, 2.75) is 6.92 Å². The summed E-state index contributed by atoms with van der Waals surface area (Å²) in [5, 5.41) is 3.64. The van der Waals surface area contributed by atoms with E-state index in [9.17, 15) is 4.79 Å². The summed E-state index contributed by atoms with van der Waals surface area (Å²) in [6.07, 6.45) is 4.00. The fourth-order valence-corrected chi connectivity index (χ4v) is 3.14. The van der Waals surface area contributed by atoms with Crippen LogP contribution < -0.4 is 5.32 Å². The molecule has 0 atom stereocenters. The van der Waals surface area contributed by atoms with Crippen LogP contribution in [0.1, 0.15) is 15.9 Å². The van der Waals surface area contributed by atoms with E-state index in [0.717, 1.165) is 22.5 Å². The second-order valence-electron chi connectivity index (χ2n) is 6.26. The minimum Gasteiger partial charge on any atom is -0.322 e. The molecule has 1 amide bonds. The Hall–Kier alpha value is -2.82. The maximum Gasteiger partial charge on any atom is 0.255 e. The summed E-state index contributed by atoms with van der Waals surface area (Å²) in [6.45, 7) is 2.04. The molecular formula is C21H15Cl2N3O. The fraction of sp³-hybridized carbons (Fsp3) is 0.0476. The molecule has 2 heterocycles. The highest BCUT2D eigenvalue weighted by atomic mass is 35.5. The van der Waals surface area contributed by atoms with Crippen LogP contribution in [0.4, 0.5) is 5.69 Å². The number of nitrogens with zero attached hydrogens (tertiary/aromatic N) is 2. The monoisotopic (exact) mass is 395 g/mol. The molecule has 0 unspecified atom stereocenters. The topological polar surface area (TPSA) is 46.4 Å². The summed E-state index contributed by atoms with van der Waals surface area (Å²) in [4.78, 5) is 17.1. The Kier molecular flexibility index (Phi) is 4.60. The summed E-state index contributed by atoms with van der Waals surface area (Å²) in [7, 11) is 0. The van der Waals surface area contributed by atoms with Crippen LogP contribution in [-0.2, 0) is 0 Å². The summed E-state index contributed by atoms with van der Waals surface area (Å²) in [5.41, 5.74) is 4.92. The molecule has 0 bridgehead atoms. The van der Waals surface area contributed by atoms with Crippen molar-refractivity contribution in [3.05, 3.63) is 88.2 Å². The molecule has 27 heavy (non-hydrogen) atoms. The van der Waals surface area contributed by atoms with Gasteiger partial charge in [-0.15, -0.1) is 0 Å². The highest BCUT2D eigenvalue weighted by Crippen LogP contribution is 2.25. The number of rotatable bonds is 3. The van der Waals surface area contributed by atoms with E-state index in [2.05, 4.69) is 10.3 Å². The molecular weight excluding hydrogens is 381 g/mol. The third-order valence-electron chi connectivity index (χ3n) is 4.20. The average molecular weight is 396 g/mol.